The highest BCUT2D eigenvalue weighted by Gasteiger charge is 2.57. The first kappa shape index (κ1) is 19.5. The first-order chi connectivity index (χ1) is 14.4. The van der Waals surface area contributed by atoms with E-state index in [1.165, 1.54) is 18.4 Å². The number of nitrogens with zero attached hydrogens (tertiary/aromatic N) is 2. The van der Waals surface area contributed by atoms with Crippen LogP contribution in [0.25, 0.3) is 4.96 Å². The Kier molecular flexibility index (Phi) is 4.60. The van der Waals surface area contributed by atoms with Gasteiger partial charge in [-0.05, 0) is 13.8 Å². The van der Waals surface area contributed by atoms with Gasteiger partial charge in [-0.3, -0.25) is 14.0 Å². The number of fused-ring (bicyclic) bond motifs is 2. The van der Waals surface area contributed by atoms with Gasteiger partial charge in [0.05, 0.1) is 4.88 Å². The summed E-state index contributed by atoms with van der Waals surface area (Å²) in [6, 6.07) is 8.95. The maximum absolute atomic E-state index is 13.1. The number of benzene rings is 1. The van der Waals surface area contributed by atoms with Gasteiger partial charge in [0.1, 0.15) is 17.9 Å². The van der Waals surface area contributed by atoms with Crippen LogP contribution in [0, 0.1) is 0 Å². The van der Waals surface area contributed by atoms with Gasteiger partial charge in [0.15, 0.2) is 23.1 Å². The molecule has 2 aliphatic rings. The van der Waals surface area contributed by atoms with Gasteiger partial charge < -0.3 is 18.9 Å². The molecule has 0 N–H and O–H groups in total. The molecule has 8 nitrogen and oxygen atoms in total. The summed E-state index contributed by atoms with van der Waals surface area (Å²) >= 11 is 1.20. The molecule has 4 atom stereocenters. The molecule has 30 heavy (non-hydrogen) atoms. The van der Waals surface area contributed by atoms with E-state index < -0.39 is 30.4 Å². The second-order valence-corrected chi connectivity index (χ2v) is 8.71. The van der Waals surface area contributed by atoms with E-state index in [0.29, 0.717) is 21.1 Å². The van der Waals surface area contributed by atoms with E-state index in [1.807, 2.05) is 6.07 Å². The average Bonchev–Trinajstić information content (AvgIpc) is 3.44. The van der Waals surface area contributed by atoms with Crippen molar-refractivity contribution in [1.82, 2.24) is 9.38 Å². The lowest BCUT2D eigenvalue weighted by Crippen LogP contribution is -2.39. The molecule has 156 valence electrons. The van der Waals surface area contributed by atoms with E-state index in [-0.39, 0.29) is 11.6 Å². The Bertz CT molecular complexity index is 1090. The van der Waals surface area contributed by atoms with Crippen LogP contribution in [-0.2, 0) is 18.9 Å². The summed E-state index contributed by atoms with van der Waals surface area (Å²) < 4.78 is 24.6. The van der Waals surface area contributed by atoms with Gasteiger partial charge in [-0.2, -0.15) is 0 Å². The molecule has 0 amide bonds. The van der Waals surface area contributed by atoms with Gasteiger partial charge in [0.2, 0.25) is 11.6 Å². The second kappa shape index (κ2) is 7.07. The zero-order chi connectivity index (χ0) is 21.0. The molecular formula is C21H20N2O6S. The minimum Gasteiger partial charge on any atom is -0.375 e. The number of carbonyl (C=O) groups excluding carboxylic acids is 2. The number of hydrogen-bond donors (Lipinski definition) is 0. The smallest absolute Gasteiger partial charge is 0.212 e. The number of aromatic nitrogens is 2. The molecule has 2 aliphatic heterocycles. The predicted molar refractivity (Wildman–Crippen MR) is 107 cm³/mol. The Labute approximate surface area is 176 Å². The van der Waals surface area contributed by atoms with Gasteiger partial charge >= 0.3 is 0 Å². The van der Waals surface area contributed by atoms with E-state index in [0.717, 1.165) is 0 Å². The average molecular weight is 428 g/mol. The molecule has 9 heteroatoms. The number of thiazole rings is 1. The summed E-state index contributed by atoms with van der Waals surface area (Å²) in [4.78, 5) is 31.1. The standard InChI is InChI=1S/C21H20N2O6S/c1-21(2)28-18-17(26-3)16(27-19(18)29-21)15(25)13-10-23-9-12(22-20(23)30-13)14(24)11-7-5-4-6-8-11/h4-10,16-19H,1-3H3/t16-,17+,18-,19-/m1/s1. The molecule has 0 radical (unpaired) electrons. The molecule has 0 unspecified atom stereocenters. The molecule has 2 fully saturated rings. The van der Waals surface area contributed by atoms with E-state index in [2.05, 4.69) is 4.98 Å². The van der Waals surface area contributed by atoms with Crippen LogP contribution in [0.15, 0.2) is 42.7 Å². The quantitative estimate of drug-likeness (QED) is 0.578. The van der Waals surface area contributed by atoms with Gasteiger partial charge in [0, 0.05) is 25.1 Å². The normalized spacial score (nSPS) is 27.4. The molecular weight excluding hydrogens is 408 g/mol. The Morgan fingerprint density at radius 3 is 2.63 bits per heavy atom. The van der Waals surface area contributed by atoms with E-state index in [9.17, 15) is 9.59 Å². The van der Waals surface area contributed by atoms with Crippen molar-refractivity contribution in [2.75, 3.05) is 7.11 Å². The number of Topliss-reactive ketones (excluding diaryl/α,β-unsaturated/α-hetero) is 1. The summed E-state index contributed by atoms with van der Waals surface area (Å²) in [5.74, 6) is -1.18. The molecule has 0 saturated carbocycles. The van der Waals surface area contributed by atoms with Crippen LogP contribution in [0.4, 0.5) is 0 Å². The van der Waals surface area contributed by atoms with Crippen molar-refractivity contribution in [3.63, 3.8) is 0 Å². The summed E-state index contributed by atoms with van der Waals surface area (Å²) in [7, 11) is 1.52. The maximum Gasteiger partial charge on any atom is 0.212 e. The van der Waals surface area contributed by atoms with Crippen LogP contribution in [0.5, 0.6) is 0 Å². The van der Waals surface area contributed by atoms with Crippen molar-refractivity contribution in [3.8, 4) is 0 Å². The van der Waals surface area contributed by atoms with Crippen molar-refractivity contribution in [3.05, 3.63) is 58.9 Å². The van der Waals surface area contributed by atoms with E-state index in [4.69, 9.17) is 18.9 Å². The molecule has 0 bridgehead atoms. The zero-order valence-corrected chi connectivity index (χ0v) is 17.4. The Morgan fingerprint density at radius 1 is 1.17 bits per heavy atom. The Hall–Kier alpha value is -2.43. The highest BCUT2D eigenvalue weighted by atomic mass is 32.1. The minimum atomic E-state index is -0.838. The van der Waals surface area contributed by atoms with Gasteiger partial charge in [-0.25, -0.2) is 4.98 Å². The van der Waals surface area contributed by atoms with Crippen molar-refractivity contribution in [1.29, 1.82) is 0 Å². The Morgan fingerprint density at radius 2 is 1.93 bits per heavy atom. The van der Waals surface area contributed by atoms with Crippen LogP contribution in [0.3, 0.4) is 0 Å². The van der Waals surface area contributed by atoms with Crippen molar-refractivity contribution in [2.45, 2.75) is 44.2 Å². The SMILES string of the molecule is CO[C@@H]1[C@H]2OC(C)(C)O[C@H]2O[C@@H]1C(=O)c1cn2cc(C(=O)c3ccccc3)nc2s1. The van der Waals surface area contributed by atoms with Crippen LogP contribution < -0.4 is 0 Å². The summed E-state index contributed by atoms with van der Waals surface area (Å²) in [6.45, 7) is 3.59. The first-order valence-electron chi connectivity index (χ1n) is 9.53. The highest BCUT2D eigenvalue weighted by Crippen LogP contribution is 2.39. The fraction of sp³-hybridized carbons (Fsp3) is 0.381. The second-order valence-electron chi connectivity index (χ2n) is 7.70. The van der Waals surface area contributed by atoms with Crippen LogP contribution >= 0.6 is 11.3 Å². The highest BCUT2D eigenvalue weighted by molar-refractivity contribution is 7.18. The lowest BCUT2D eigenvalue weighted by atomic mass is 10.1. The summed E-state index contributed by atoms with van der Waals surface area (Å²) in [6.07, 6.45) is 0.748. The van der Waals surface area contributed by atoms with Gasteiger partial charge in [-0.15, -0.1) is 0 Å². The molecule has 1 aromatic carbocycles. The van der Waals surface area contributed by atoms with Crippen molar-refractivity contribution in [2.24, 2.45) is 0 Å². The number of carbonyl (C=O) groups is 2. The van der Waals surface area contributed by atoms with Crippen molar-refractivity contribution >= 4 is 27.9 Å². The predicted octanol–water partition coefficient (Wildman–Crippen LogP) is 2.70. The number of hydrogen-bond acceptors (Lipinski definition) is 8. The van der Waals surface area contributed by atoms with Gasteiger partial charge in [0.25, 0.3) is 0 Å². The van der Waals surface area contributed by atoms with Crippen LogP contribution in [0.2, 0.25) is 0 Å². The third-order valence-corrected chi connectivity index (χ3v) is 6.20. The van der Waals surface area contributed by atoms with E-state index >= 15 is 0 Å². The fourth-order valence-electron chi connectivity index (χ4n) is 3.84. The topological polar surface area (TPSA) is 88.4 Å². The molecule has 2 saturated heterocycles. The molecule has 4 heterocycles. The third kappa shape index (κ3) is 3.19. The number of imidazole rings is 1. The zero-order valence-electron chi connectivity index (χ0n) is 16.6. The third-order valence-electron chi connectivity index (χ3n) is 5.19. The maximum atomic E-state index is 13.1. The number of ether oxygens (including phenoxy) is 4. The van der Waals surface area contributed by atoms with E-state index in [1.54, 1.807) is 54.9 Å². The van der Waals surface area contributed by atoms with Crippen LogP contribution in [-0.4, -0.2) is 58.4 Å². The molecule has 0 spiro atoms. The van der Waals surface area contributed by atoms with Crippen LogP contribution in [0.1, 0.15) is 39.6 Å². The number of ketones is 2. The lowest BCUT2D eigenvalue weighted by Gasteiger charge is -2.23. The minimum absolute atomic E-state index is 0.164. The molecule has 5 rings (SSSR count). The fourth-order valence-corrected chi connectivity index (χ4v) is 4.78. The summed E-state index contributed by atoms with van der Waals surface area (Å²) in [5.41, 5.74) is 0.896. The van der Waals surface area contributed by atoms with Gasteiger partial charge in [-0.1, -0.05) is 41.7 Å². The lowest BCUT2D eigenvalue weighted by molar-refractivity contribution is -0.210. The van der Waals surface area contributed by atoms with Crippen molar-refractivity contribution < 1.29 is 28.5 Å². The Balaban J connectivity index is 1.37. The number of rotatable bonds is 5. The molecule has 2 aromatic heterocycles. The largest absolute Gasteiger partial charge is 0.375 e. The number of methoxy groups -OCH3 is 1. The first-order valence-corrected chi connectivity index (χ1v) is 10.3. The molecule has 0 aliphatic carbocycles. The monoisotopic (exact) mass is 428 g/mol. The molecule has 3 aromatic rings. The summed E-state index contributed by atoms with van der Waals surface area (Å²) in [5, 5.41) is 0.